The van der Waals surface area contributed by atoms with Crippen LogP contribution in [0, 0.1) is 6.92 Å². The van der Waals surface area contributed by atoms with Crippen molar-refractivity contribution >= 4 is 23.0 Å². The maximum absolute atomic E-state index is 13.4. The Labute approximate surface area is 165 Å². The molecule has 2 aromatic carbocycles. The number of rotatable bonds is 1. The second-order valence-electron chi connectivity index (χ2n) is 8.60. The van der Waals surface area contributed by atoms with Gasteiger partial charge in [0.25, 0.3) is 5.91 Å². The van der Waals surface area contributed by atoms with E-state index in [9.17, 15) is 4.79 Å². The molecule has 1 amide bonds. The van der Waals surface area contributed by atoms with Gasteiger partial charge in [0, 0.05) is 17.2 Å². The van der Waals surface area contributed by atoms with E-state index >= 15 is 0 Å². The molecule has 0 N–H and O–H groups in total. The molecule has 5 rings (SSSR count). The summed E-state index contributed by atoms with van der Waals surface area (Å²) in [5.74, 6) is 1.79. The predicted molar refractivity (Wildman–Crippen MR) is 109 cm³/mol. The first-order valence-corrected chi connectivity index (χ1v) is 9.83. The van der Waals surface area contributed by atoms with E-state index in [1.807, 2.05) is 23.1 Å². The molecular weight excluding hydrogens is 352 g/mol. The van der Waals surface area contributed by atoms with Gasteiger partial charge in [-0.15, -0.1) is 0 Å². The zero-order chi connectivity index (χ0) is 19.6. The van der Waals surface area contributed by atoms with Crippen LogP contribution in [0.3, 0.4) is 0 Å². The number of hydrogen-bond acceptors (Lipinski definition) is 4. The summed E-state index contributed by atoms with van der Waals surface area (Å²) in [6.45, 7) is 9.68. The minimum Gasteiger partial charge on any atom is -0.486 e. The average Bonchev–Trinajstić information content (AvgIpc) is 2.92. The fourth-order valence-electron chi connectivity index (χ4n) is 4.80. The molecule has 0 fully saturated rings. The molecule has 0 aliphatic carbocycles. The van der Waals surface area contributed by atoms with Gasteiger partial charge in [-0.1, -0.05) is 18.6 Å². The van der Waals surface area contributed by atoms with Crippen molar-refractivity contribution in [2.24, 2.45) is 4.99 Å². The van der Waals surface area contributed by atoms with Gasteiger partial charge in [-0.3, -0.25) is 4.79 Å². The predicted octanol–water partition coefficient (Wildman–Crippen LogP) is 4.52. The molecule has 0 saturated heterocycles. The van der Waals surface area contributed by atoms with Crippen LogP contribution >= 0.6 is 0 Å². The monoisotopic (exact) mass is 376 g/mol. The molecule has 1 unspecified atom stereocenters. The van der Waals surface area contributed by atoms with Crippen LogP contribution in [0.2, 0.25) is 0 Å². The normalized spacial score (nSPS) is 23.1. The molecule has 5 nitrogen and oxygen atoms in total. The molecule has 3 aliphatic rings. The number of aliphatic imine (C=N–C) groups is 1. The summed E-state index contributed by atoms with van der Waals surface area (Å²) >= 11 is 0. The van der Waals surface area contributed by atoms with Gasteiger partial charge in [-0.2, -0.15) is 0 Å². The molecule has 0 radical (unpaired) electrons. The Morgan fingerprint density at radius 1 is 1.11 bits per heavy atom. The Balaban J connectivity index is 1.68. The molecular formula is C23H24N2O3. The fraction of sp³-hybridized carbons (Fsp3) is 0.391. The summed E-state index contributed by atoms with van der Waals surface area (Å²) < 4.78 is 11.3. The number of hydrogen-bond donors (Lipinski definition) is 0. The Morgan fingerprint density at radius 2 is 1.86 bits per heavy atom. The largest absolute Gasteiger partial charge is 0.486 e. The van der Waals surface area contributed by atoms with Gasteiger partial charge in [0.05, 0.1) is 11.4 Å². The number of carbonyl (C=O) groups excluding carboxylic acids is 1. The van der Waals surface area contributed by atoms with Crippen molar-refractivity contribution in [3.05, 3.63) is 47.0 Å². The number of amides is 1. The van der Waals surface area contributed by atoms with E-state index in [2.05, 4.69) is 39.8 Å². The highest BCUT2D eigenvalue weighted by Crippen LogP contribution is 2.49. The third-order valence-corrected chi connectivity index (χ3v) is 5.88. The van der Waals surface area contributed by atoms with Crippen molar-refractivity contribution in [3.8, 4) is 11.5 Å². The van der Waals surface area contributed by atoms with Crippen LogP contribution in [-0.2, 0) is 4.79 Å². The Morgan fingerprint density at radius 3 is 2.64 bits per heavy atom. The van der Waals surface area contributed by atoms with Gasteiger partial charge in [-0.25, -0.2) is 4.99 Å². The van der Waals surface area contributed by atoms with Crippen molar-refractivity contribution in [1.29, 1.82) is 0 Å². The molecule has 28 heavy (non-hydrogen) atoms. The number of nitrogens with zero attached hydrogens (tertiary/aromatic N) is 2. The van der Waals surface area contributed by atoms with Crippen LogP contribution in [0.5, 0.6) is 11.5 Å². The van der Waals surface area contributed by atoms with Crippen LogP contribution in [0.4, 0.5) is 11.4 Å². The highest BCUT2D eigenvalue weighted by molar-refractivity contribution is 6.55. The van der Waals surface area contributed by atoms with E-state index in [-0.39, 0.29) is 11.4 Å². The van der Waals surface area contributed by atoms with Crippen LogP contribution < -0.4 is 14.4 Å². The van der Waals surface area contributed by atoms with E-state index in [1.54, 1.807) is 0 Å². The summed E-state index contributed by atoms with van der Waals surface area (Å²) in [6.07, 6.45) is 0.936. The molecule has 0 aromatic heterocycles. The standard InChI is InChI=1S/C23H24N2O3/c1-13-9-16-14(2)12-23(3,4)25-21(16)17(10-13)20(22(25)26)24-15-5-6-18-19(11-15)28-8-7-27-18/h5-6,9-11,14H,7-8,12H2,1-4H3. The third-order valence-electron chi connectivity index (χ3n) is 5.88. The molecule has 144 valence electrons. The zero-order valence-electron chi connectivity index (χ0n) is 16.7. The molecule has 2 aromatic rings. The summed E-state index contributed by atoms with van der Waals surface area (Å²) in [5, 5.41) is 0. The highest BCUT2D eigenvalue weighted by atomic mass is 16.6. The quantitative estimate of drug-likeness (QED) is 0.735. The van der Waals surface area contributed by atoms with Crippen molar-refractivity contribution in [1.82, 2.24) is 0 Å². The summed E-state index contributed by atoms with van der Waals surface area (Å²) in [4.78, 5) is 20.2. The number of fused-ring (bicyclic) bond motifs is 1. The topological polar surface area (TPSA) is 51.1 Å². The lowest BCUT2D eigenvalue weighted by Gasteiger charge is -2.43. The minimum absolute atomic E-state index is 0.0198. The smallest absolute Gasteiger partial charge is 0.278 e. The highest BCUT2D eigenvalue weighted by Gasteiger charge is 2.48. The molecule has 5 heteroatoms. The van der Waals surface area contributed by atoms with Gasteiger partial charge >= 0.3 is 0 Å². The zero-order valence-corrected chi connectivity index (χ0v) is 16.7. The van der Waals surface area contributed by atoms with Gasteiger partial charge in [0.1, 0.15) is 18.9 Å². The second-order valence-corrected chi connectivity index (χ2v) is 8.60. The average molecular weight is 376 g/mol. The molecule has 3 heterocycles. The van der Waals surface area contributed by atoms with Crippen molar-refractivity contribution in [2.45, 2.75) is 45.6 Å². The molecule has 0 spiro atoms. The molecule has 3 aliphatic heterocycles. The number of anilines is 1. The van der Waals surface area contributed by atoms with Gasteiger partial charge in [0.2, 0.25) is 0 Å². The van der Waals surface area contributed by atoms with Crippen LogP contribution in [0.25, 0.3) is 0 Å². The van der Waals surface area contributed by atoms with Crippen LogP contribution in [-0.4, -0.2) is 30.4 Å². The summed E-state index contributed by atoms with van der Waals surface area (Å²) in [5.41, 5.74) is 5.36. The van der Waals surface area contributed by atoms with Gasteiger partial charge in [-0.05, 0) is 56.9 Å². The van der Waals surface area contributed by atoms with Gasteiger partial charge in [0.15, 0.2) is 11.5 Å². The minimum atomic E-state index is -0.239. The van der Waals surface area contributed by atoms with E-state index in [0.29, 0.717) is 36.3 Å². The Bertz CT molecular complexity index is 1040. The van der Waals surface area contributed by atoms with Crippen molar-refractivity contribution < 1.29 is 14.3 Å². The van der Waals surface area contributed by atoms with Crippen molar-refractivity contribution in [3.63, 3.8) is 0 Å². The van der Waals surface area contributed by atoms with E-state index in [0.717, 1.165) is 29.0 Å². The summed E-state index contributed by atoms with van der Waals surface area (Å²) in [7, 11) is 0. The first-order valence-electron chi connectivity index (χ1n) is 9.83. The third kappa shape index (κ3) is 2.45. The fourth-order valence-corrected chi connectivity index (χ4v) is 4.80. The lowest BCUT2D eigenvalue weighted by Crippen LogP contribution is -2.50. The van der Waals surface area contributed by atoms with Crippen molar-refractivity contribution in [2.75, 3.05) is 18.1 Å². The van der Waals surface area contributed by atoms with E-state index in [1.165, 1.54) is 5.56 Å². The number of ether oxygens (including phenoxy) is 2. The lowest BCUT2D eigenvalue weighted by molar-refractivity contribution is -0.113. The SMILES string of the molecule is Cc1cc2c3c(c1)C(C)CC(C)(C)N3C(=O)C2=Nc1ccc2c(c1)OCCO2. The maximum atomic E-state index is 13.4. The number of benzene rings is 2. The van der Waals surface area contributed by atoms with Gasteiger partial charge < -0.3 is 14.4 Å². The molecule has 0 bridgehead atoms. The first kappa shape index (κ1) is 17.3. The van der Waals surface area contributed by atoms with Crippen LogP contribution in [0.15, 0.2) is 35.3 Å². The van der Waals surface area contributed by atoms with E-state index in [4.69, 9.17) is 14.5 Å². The number of aryl methyl sites for hydroxylation is 1. The van der Waals surface area contributed by atoms with Crippen LogP contribution in [0.1, 0.15) is 49.8 Å². The maximum Gasteiger partial charge on any atom is 0.278 e. The Kier molecular flexibility index (Phi) is 3.60. The second kappa shape index (κ2) is 5.84. The van der Waals surface area contributed by atoms with E-state index < -0.39 is 0 Å². The summed E-state index contributed by atoms with van der Waals surface area (Å²) in [6, 6.07) is 9.88. The molecule has 0 saturated carbocycles. The lowest BCUT2D eigenvalue weighted by atomic mass is 9.80. The first-order chi connectivity index (χ1) is 13.3. The molecule has 1 atom stereocenters. The Hall–Kier alpha value is -2.82. The number of carbonyl (C=O) groups is 1.